The number of aliphatic hydroxyl groups excluding tert-OH is 1. The molecule has 0 aromatic rings. The van der Waals surface area contributed by atoms with E-state index in [1.54, 1.807) is 0 Å². The number of aliphatic hydroxyl groups is 1. The second kappa shape index (κ2) is 48.9. The third kappa shape index (κ3) is 50.3. The maximum absolute atomic E-state index is 12.1. The standard InChI is InChI=1S/C53H94NO8P/c1-3-5-7-9-11-13-15-17-19-21-23-25-27-29-31-33-35-37-39-41-43-45-52(56)54-47-48-61-63(58,59)62-50-51(55)49-60-53(57)46-44-42-40-38-36-34-32-30-28-26-24-22-20-18-16-14-12-10-8-6-4-2/h5,7,11,13,17,19,23,25,29,31,35,37,51,55H,3-4,6,8-10,12,14-16,18,20-22,24,26-28,30,32-34,36,38-50H2,1-2H3,(H,54,56)(H,58,59)/b7-5-,13-11-,19-17-,25-23-,31-29-,37-35-. The van der Waals surface area contributed by atoms with E-state index in [2.05, 4.69) is 92.1 Å². The molecule has 0 aliphatic heterocycles. The molecule has 10 heteroatoms. The number of nitrogens with one attached hydrogen (secondary N) is 1. The molecule has 0 saturated carbocycles. The molecule has 0 radical (unpaired) electrons. The van der Waals surface area contributed by atoms with Crippen LogP contribution in [0.4, 0.5) is 0 Å². The first kappa shape index (κ1) is 60.5. The first-order valence-electron chi connectivity index (χ1n) is 25.4. The summed E-state index contributed by atoms with van der Waals surface area (Å²) < 4.78 is 27.0. The summed E-state index contributed by atoms with van der Waals surface area (Å²) in [5, 5.41) is 12.7. The number of phosphoric ester groups is 1. The van der Waals surface area contributed by atoms with Crippen molar-refractivity contribution in [1.29, 1.82) is 0 Å². The normalized spacial score (nSPS) is 13.8. The molecule has 9 nitrogen and oxygen atoms in total. The van der Waals surface area contributed by atoms with Gasteiger partial charge in [-0.05, 0) is 64.2 Å². The minimum absolute atomic E-state index is 0.0552. The Kier molecular flexibility index (Phi) is 46.9. The molecular weight excluding hydrogens is 810 g/mol. The summed E-state index contributed by atoms with van der Waals surface area (Å²) in [5.41, 5.74) is 0. The van der Waals surface area contributed by atoms with E-state index in [4.69, 9.17) is 13.8 Å². The molecule has 0 aliphatic carbocycles. The van der Waals surface area contributed by atoms with Crippen LogP contribution in [0, 0.1) is 0 Å². The predicted molar refractivity (Wildman–Crippen MR) is 266 cm³/mol. The number of hydrogen-bond acceptors (Lipinski definition) is 7. The maximum atomic E-state index is 12.1. The van der Waals surface area contributed by atoms with Gasteiger partial charge in [0.25, 0.3) is 0 Å². The Balaban J connectivity index is 3.62. The van der Waals surface area contributed by atoms with Crippen molar-refractivity contribution < 1.29 is 37.9 Å². The Morgan fingerprint density at radius 1 is 0.508 bits per heavy atom. The molecule has 0 aromatic heterocycles. The van der Waals surface area contributed by atoms with Crippen molar-refractivity contribution in [3.05, 3.63) is 72.9 Å². The molecule has 0 bridgehead atoms. The molecule has 0 aromatic carbocycles. The van der Waals surface area contributed by atoms with Gasteiger partial charge in [-0.2, -0.15) is 0 Å². The summed E-state index contributed by atoms with van der Waals surface area (Å²) in [4.78, 5) is 34.0. The van der Waals surface area contributed by atoms with Gasteiger partial charge in [-0.25, -0.2) is 4.57 Å². The first-order valence-corrected chi connectivity index (χ1v) is 26.9. The van der Waals surface area contributed by atoms with Crippen LogP contribution in [0.2, 0.25) is 0 Å². The van der Waals surface area contributed by atoms with Gasteiger partial charge in [-0.1, -0.05) is 215 Å². The van der Waals surface area contributed by atoms with Crippen molar-refractivity contribution in [2.45, 2.75) is 225 Å². The summed E-state index contributed by atoms with van der Waals surface area (Å²) in [6.45, 7) is 3.41. The minimum Gasteiger partial charge on any atom is -0.463 e. The molecule has 2 atom stereocenters. The average molecular weight is 904 g/mol. The third-order valence-electron chi connectivity index (χ3n) is 10.7. The van der Waals surface area contributed by atoms with E-state index in [1.165, 1.54) is 116 Å². The minimum atomic E-state index is -4.44. The smallest absolute Gasteiger partial charge is 0.463 e. The number of unbranched alkanes of at least 4 members (excludes halogenated alkanes) is 22. The lowest BCUT2D eigenvalue weighted by molar-refractivity contribution is -0.147. The van der Waals surface area contributed by atoms with E-state index in [-0.39, 0.29) is 32.1 Å². The Labute approximate surface area is 386 Å². The largest absolute Gasteiger partial charge is 0.472 e. The fourth-order valence-electron chi connectivity index (χ4n) is 6.86. The van der Waals surface area contributed by atoms with Crippen molar-refractivity contribution in [1.82, 2.24) is 5.32 Å². The summed E-state index contributed by atoms with van der Waals surface area (Å²) in [5.74, 6) is -0.558. The monoisotopic (exact) mass is 904 g/mol. The second-order valence-electron chi connectivity index (χ2n) is 16.8. The van der Waals surface area contributed by atoms with Gasteiger partial charge in [0.1, 0.15) is 12.7 Å². The van der Waals surface area contributed by atoms with E-state index >= 15 is 0 Å². The lowest BCUT2D eigenvalue weighted by Crippen LogP contribution is -2.27. The van der Waals surface area contributed by atoms with Gasteiger partial charge in [-0.15, -0.1) is 0 Å². The number of rotatable bonds is 47. The van der Waals surface area contributed by atoms with Gasteiger partial charge in [0.05, 0.1) is 13.2 Å². The summed E-state index contributed by atoms with van der Waals surface area (Å²) in [7, 11) is -4.44. The molecule has 0 heterocycles. The third-order valence-corrected chi connectivity index (χ3v) is 11.6. The van der Waals surface area contributed by atoms with Crippen molar-refractivity contribution in [2.24, 2.45) is 0 Å². The first-order chi connectivity index (χ1) is 30.8. The van der Waals surface area contributed by atoms with Crippen molar-refractivity contribution in [3.8, 4) is 0 Å². The highest BCUT2D eigenvalue weighted by Gasteiger charge is 2.23. The van der Waals surface area contributed by atoms with Crippen LogP contribution in [0.15, 0.2) is 72.9 Å². The molecule has 1 amide bonds. The average Bonchev–Trinajstić information content (AvgIpc) is 3.27. The highest BCUT2D eigenvalue weighted by atomic mass is 31.2. The van der Waals surface area contributed by atoms with Crippen LogP contribution in [0.3, 0.4) is 0 Å². The summed E-state index contributed by atoms with van der Waals surface area (Å²) in [6.07, 6.45) is 61.3. The highest BCUT2D eigenvalue weighted by Crippen LogP contribution is 2.42. The molecule has 364 valence electrons. The lowest BCUT2D eigenvalue weighted by atomic mass is 10.0. The van der Waals surface area contributed by atoms with E-state index in [9.17, 15) is 24.2 Å². The number of carbonyl (C=O) groups excluding carboxylic acids is 2. The number of amides is 1. The number of hydrogen-bond donors (Lipinski definition) is 3. The fraction of sp³-hybridized carbons (Fsp3) is 0.736. The van der Waals surface area contributed by atoms with Crippen LogP contribution in [0.1, 0.15) is 219 Å². The molecule has 0 rings (SSSR count). The Morgan fingerprint density at radius 2 is 0.905 bits per heavy atom. The number of ether oxygens (including phenoxy) is 1. The van der Waals surface area contributed by atoms with E-state index in [1.807, 2.05) is 0 Å². The number of esters is 1. The molecule has 0 fully saturated rings. The van der Waals surface area contributed by atoms with E-state index in [0.29, 0.717) is 6.42 Å². The molecule has 2 unspecified atom stereocenters. The number of carbonyl (C=O) groups is 2. The van der Waals surface area contributed by atoms with Crippen LogP contribution >= 0.6 is 7.82 Å². The SMILES string of the molecule is CC/C=C\C/C=C\C/C=C\C/C=C\C/C=C\C/C=C\CCCCC(=O)NCCOP(=O)(O)OCC(O)COC(=O)CCCCCCCCCCCCCCCCCCCCCCC. The second-order valence-corrected chi connectivity index (χ2v) is 18.2. The molecular formula is C53H94NO8P. The Hall–Kier alpha value is -2.55. The number of allylic oxidation sites excluding steroid dienone is 12. The zero-order valence-electron chi connectivity index (χ0n) is 40.3. The Bertz CT molecular complexity index is 1260. The number of phosphoric acid groups is 1. The lowest BCUT2D eigenvalue weighted by Gasteiger charge is -2.15. The zero-order chi connectivity index (χ0) is 46.0. The van der Waals surface area contributed by atoms with Crippen LogP contribution < -0.4 is 5.32 Å². The molecule has 3 N–H and O–H groups in total. The molecule has 63 heavy (non-hydrogen) atoms. The van der Waals surface area contributed by atoms with Crippen LogP contribution in [-0.4, -0.2) is 54.3 Å². The van der Waals surface area contributed by atoms with Crippen LogP contribution in [0.25, 0.3) is 0 Å². The van der Waals surface area contributed by atoms with Crippen molar-refractivity contribution in [3.63, 3.8) is 0 Å². The van der Waals surface area contributed by atoms with Gasteiger partial charge in [0.15, 0.2) is 0 Å². The van der Waals surface area contributed by atoms with Gasteiger partial charge in [0, 0.05) is 19.4 Å². The van der Waals surface area contributed by atoms with Crippen LogP contribution in [-0.2, 0) is 27.9 Å². The maximum Gasteiger partial charge on any atom is 0.472 e. The quantitative estimate of drug-likeness (QED) is 0.0238. The summed E-state index contributed by atoms with van der Waals surface area (Å²) >= 11 is 0. The predicted octanol–water partition coefficient (Wildman–Crippen LogP) is 15.0. The zero-order valence-corrected chi connectivity index (χ0v) is 41.1. The van der Waals surface area contributed by atoms with E-state index < -0.39 is 26.5 Å². The Morgan fingerprint density at radius 3 is 1.35 bits per heavy atom. The highest BCUT2D eigenvalue weighted by molar-refractivity contribution is 7.47. The van der Waals surface area contributed by atoms with Crippen molar-refractivity contribution >= 4 is 19.7 Å². The van der Waals surface area contributed by atoms with Gasteiger partial charge in [-0.3, -0.25) is 18.6 Å². The topological polar surface area (TPSA) is 131 Å². The molecule has 0 saturated heterocycles. The summed E-state index contributed by atoms with van der Waals surface area (Å²) in [6, 6.07) is 0. The van der Waals surface area contributed by atoms with Gasteiger partial charge in [0.2, 0.25) is 5.91 Å². The van der Waals surface area contributed by atoms with Crippen molar-refractivity contribution in [2.75, 3.05) is 26.4 Å². The molecule has 0 aliphatic rings. The van der Waals surface area contributed by atoms with E-state index in [0.717, 1.165) is 77.0 Å². The fourth-order valence-corrected chi connectivity index (χ4v) is 7.61. The van der Waals surface area contributed by atoms with Crippen LogP contribution in [0.5, 0.6) is 0 Å². The molecule has 0 spiro atoms. The van der Waals surface area contributed by atoms with Gasteiger partial charge < -0.3 is 20.1 Å². The van der Waals surface area contributed by atoms with Gasteiger partial charge >= 0.3 is 13.8 Å².